The smallest absolute Gasteiger partial charge is 0.267 e. The van der Waals surface area contributed by atoms with Crippen LogP contribution < -0.4 is 5.56 Å². The predicted molar refractivity (Wildman–Crippen MR) is 132 cm³/mol. The Labute approximate surface area is 199 Å². The summed E-state index contributed by atoms with van der Waals surface area (Å²) in [7, 11) is 0. The number of thioether (sulfide) groups is 1. The zero-order chi connectivity index (χ0) is 24.0. The molecule has 0 N–H and O–H groups in total. The zero-order valence-electron chi connectivity index (χ0n) is 18.8. The number of para-hydroxylation sites is 1. The minimum absolute atomic E-state index is 0.145. The summed E-state index contributed by atoms with van der Waals surface area (Å²) in [5, 5.41) is 9.24. The average Bonchev–Trinajstić information content (AvgIpc) is 3.25. The van der Waals surface area contributed by atoms with Gasteiger partial charge in [0.25, 0.3) is 5.56 Å². The highest BCUT2D eigenvalue weighted by Crippen LogP contribution is 2.28. The second kappa shape index (κ2) is 8.53. The number of benzene rings is 3. The number of hydrogen-bond acceptors (Lipinski definition) is 5. The fraction of sp³-hybridized carbons (Fsp3) is 0.154. The van der Waals surface area contributed by atoms with E-state index >= 15 is 0 Å². The highest BCUT2D eigenvalue weighted by atomic mass is 32.2. The van der Waals surface area contributed by atoms with Gasteiger partial charge < -0.3 is 0 Å². The molecule has 1 unspecified atom stereocenters. The van der Waals surface area contributed by atoms with Gasteiger partial charge in [0.2, 0.25) is 5.78 Å². The lowest BCUT2D eigenvalue weighted by Crippen LogP contribution is -2.23. The molecular formula is C26H21FN4O2S. The van der Waals surface area contributed by atoms with Crippen molar-refractivity contribution >= 4 is 34.2 Å². The molecule has 3 aromatic carbocycles. The van der Waals surface area contributed by atoms with Crippen LogP contribution in [-0.2, 0) is 0 Å². The van der Waals surface area contributed by atoms with Crippen molar-refractivity contribution in [1.29, 1.82) is 0 Å². The first kappa shape index (κ1) is 22.0. The van der Waals surface area contributed by atoms with E-state index in [4.69, 9.17) is 0 Å². The minimum Gasteiger partial charge on any atom is -0.293 e. The van der Waals surface area contributed by atoms with Crippen molar-refractivity contribution in [2.45, 2.75) is 31.2 Å². The Balaban J connectivity index is 1.69. The predicted octanol–water partition coefficient (Wildman–Crippen LogP) is 5.15. The van der Waals surface area contributed by atoms with E-state index in [9.17, 15) is 14.0 Å². The second-order valence-electron chi connectivity index (χ2n) is 8.13. The van der Waals surface area contributed by atoms with Gasteiger partial charge in [0.05, 0.1) is 21.8 Å². The molecule has 34 heavy (non-hydrogen) atoms. The fourth-order valence-electron chi connectivity index (χ4n) is 4.01. The summed E-state index contributed by atoms with van der Waals surface area (Å²) < 4.78 is 16.7. The van der Waals surface area contributed by atoms with Crippen LogP contribution in [0.2, 0.25) is 0 Å². The number of carbonyl (C=O) groups is 1. The molecule has 0 radical (unpaired) electrons. The van der Waals surface area contributed by atoms with Crippen LogP contribution in [0.5, 0.6) is 0 Å². The SMILES string of the molecule is Cc1cccc(-n2c(=O)c3ccccc3n3c(SC(C)C(=O)c4ccc(F)cc4)nnc23)c1C. The van der Waals surface area contributed by atoms with E-state index in [0.29, 0.717) is 27.4 Å². The van der Waals surface area contributed by atoms with Gasteiger partial charge in [-0.3, -0.25) is 14.0 Å². The highest BCUT2D eigenvalue weighted by Gasteiger charge is 2.23. The van der Waals surface area contributed by atoms with Crippen LogP contribution >= 0.6 is 11.8 Å². The lowest BCUT2D eigenvalue weighted by atomic mass is 10.1. The third kappa shape index (κ3) is 3.60. The van der Waals surface area contributed by atoms with Gasteiger partial charge in [-0.05, 0) is 74.4 Å². The Hall–Kier alpha value is -3.78. The highest BCUT2D eigenvalue weighted by molar-refractivity contribution is 8.00. The number of aromatic nitrogens is 4. The van der Waals surface area contributed by atoms with Crippen LogP contribution in [0.4, 0.5) is 4.39 Å². The van der Waals surface area contributed by atoms with Crippen molar-refractivity contribution in [1.82, 2.24) is 19.2 Å². The monoisotopic (exact) mass is 472 g/mol. The molecule has 2 aromatic heterocycles. The number of carbonyl (C=O) groups excluding carboxylic acids is 1. The summed E-state index contributed by atoms with van der Waals surface area (Å²) >= 11 is 1.25. The van der Waals surface area contributed by atoms with E-state index in [0.717, 1.165) is 16.8 Å². The summed E-state index contributed by atoms with van der Waals surface area (Å²) in [6, 6.07) is 18.6. The Bertz CT molecular complexity index is 1620. The third-order valence-electron chi connectivity index (χ3n) is 5.99. The number of aryl methyl sites for hydroxylation is 1. The van der Waals surface area contributed by atoms with E-state index in [2.05, 4.69) is 10.2 Å². The first-order chi connectivity index (χ1) is 16.4. The van der Waals surface area contributed by atoms with Gasteiger partial charge >= 0.3 is 0 Å². The van der Waals surface area contributed by atoms with Gasteiger partial charge in [-0.1, -0.05) is 36.0 Å². The van der Waals surface area contributed by atoms with E-state index in [1.807, 2.05) is 54.6 Å². The van der Waals surface area contributed by atoms with Crippen LogP contribution in [0, 0.1) is 19.7 Å². The average molecular weight is 473 g/mol. The van der Waals surface area contributed by atoms with E-state index < -0.39 is 11.1 Å². The molecule has 5 rings (SSSR count). The molecule has 0 aliphatic heterocycles. The fourth-order valence-corrected chi connectivity index (χ4v) is 4.94. The molecule has 1 atom stereocenters. The molecule has 0 aliphatic carbocycles. The van der Waals surface area contributed by atoms with Crippen LogP contribution in [0.15, 0.2) is 76.7 Å². The van der Waals surface area contributed by atoms with Gasteiger partial charge in [-0.25, -0.2) is 8.96 Å². The topological polar surface area (TPSA) is 69.3 Å². The molecule has 0 saturated carbocycles. The summed E-state index contributed by atoms with van der Waals surface area (Å²) in [5.74, 6) is -0.161. The standard InChI is InChI=1S/C26H21FN4O2S/c1-15-7-6-10-21(16(15)2)30-24(33)20-8-4-5-9-22(20)31-25(30)28-29-26(31)34-17(3)23(32)18-11-13-19(27)14-12-18/h4-14,17H,1-3H3. The van der Waals surface area contributed by atoms with Crippen LogP contribution in [0.3, 0.4) is 0 Å². The molecule has 6 nitrogen and oxygen atoms in total. The van der Waals surface area contributed by atoms with Gasteiger partial charge in [-0.15, -0.1) is 10.2 Å². The summed E-state index contributed by atoms with van der Waals surface area (Å²) in [4.78, 5) is 26.5. The van der Waals surface area contributed by atoms with E-state index in [1.54, 1.807) is 17.6 Å². The Morgan fingerprint density at radius 1 is 0.971 bits per heavy atom. The lowest BCUT2D eigenvalue weighted by Gasteiger charge is -2.15. The Kier molecular flexibility index (Phi) is 5.53. The van der Waals surface area contributed by atoms with Crippen LogP contribution in [-0.4, -0.2) is 30.2 Å². The van der Waals surface area contributed by atoms with Crippen molar-refractivity contribution in [3.05, 3.63) is 99.6 Å². The second-order valence-corrected chi connectivity index (χ2v) is 9.43. The van der Waals surface area contributed by atoms with Gasteiger partial charge in [-0.2, -0.15) is 0 Å². The molecule has 0 amide bonds. The van der Waals surface area contributed by atoms with E-state index in [-0.39, 0.29) is 11.3 Å². The zero-order valence-corrected chi connectivity index (χ0v) is 19.6. The molecule has 8 heteroatoms. The molecule has 0 aliphatic rings. The van der Waals surface area contributed by atoms with Crippen molar-refractivity contribution in [3.8, 4) is 5.69 Å². The Morgan fingerprint density at radius 2 is 1.71 bits per heavy atom. The van der Waals surface area contributed by atoms with Crippen molar-refractivity contribution in [2.24, 2.45) is 0 Å². The van der Waals surface area contributed by atoms with Crippen molar-refractivity contribution in [3.63, 3.8) is 0 Å². The van der Waals surface area contributed by atoms with Gasteiger partial charge in [0.1, 0.15) is 5.82 Å². The molecule has 0 bridgehead atoms. The van der Waals surface area contributed by atoms with Crippen LogP contribution in [0.1, 0.15) is 28.4 Å². The molecule has 2 heterocycles. The quantitative estimate of drug-likeness (QED) is 0.261. The molecule has 0 spiro atoms. The Morgan fingerprint density at radius 3 is 2.47 bits per heavy atom. The van der Waals surface area contributed by atoms with E-state index in [1.165, 1.54) is 36.0 Å². The third-order valence-corrected chi connectivity index (χ3v) is 7.03. The summed E-state index contributed by atoms with van der Waals surface area (Å²) in [5.41, 5.74) is 3.67. The summed E-state index contributed by atoms with van der Waals surface area (Å²) in [6.07, 6.45) is 0. The maximum Gasteiger partial charge on any atom is 0.267 e. The number of fused-ring (bicyclic) bond motifs is 3. The normalized spacial score (nSPS) is 12.4. The lowest BCUT2D eigenvalue weighted by molar-refractivity contribution is 0.0994. The largest absolute Gasteiger partial charge is 0.293 e. The molecule has 170 valence electrons. The first-order valence-electron chi connectivity index (χ1n) is 10.8. The first-order valence-corrected chi connectivity index (χ1v) is 11.7. The number of Topliss-reactive ketones (excluding diaryl/α,β-unsaturated/α-hetero) is 1. The summed E-state index contributed by atoms with van der Waals surface area (Å²) in [6.45, 7) is 5.74. The number of rotatable bonds is 5. The molecule has 5 aromatic rings. The van der Waals surface area contributed by atoms with Gasteiger partial charge in [0, 0.05) is 5.56 Å². The molecular weight excluding hydrogens is 451 g/mol. The number of halogens is 1. The number of hydrogen-bond donors (Lipinski definition) is 0. The van der Waals surface area contributed by atoms with Crippen LogP contribution in [0.25, 0.3) is 22.4 Å². The van der Waals surface area contributed by atoms with Crippen molar-refractivity contribution in [2.75, 3.05) is 0 Å². The number of ketones is 1. The molecule has 0 saturated heterocycles. The van der Waals surface area contributed by atoms with Gasteiger partial charge in [0.15, 0.2) is 10.9 Å². The maximum atomic E-state index is 13.5. The minimum atomic E-state index is -0.502. The molecule has 0 fully saturated rings. The maximum absolute atomic E-state index is 13.5. The number of nitrogens with zero attached hydrogens (tertiary/aromatic N) is 4. The van der Waals surface area contributed by atoms with Crippen molar-refractivity contribution < 1.29 is 9.18 Å².